The highest BCUT2D eigenvalue weighted by atomic mass is 19.4. The molecular formula is C28H30F3N3O2. The van der Waals surface area contributed by atoms with E-state index in [0.717, 1.165) is 17.5 Å². The molecule has 2 amide bonds. The number of hydrogen-bond acceptors (Lipinski definition) is 3. The molecule has 0 spiro atoms. The van der Waals surface area contributed by atoms with E-state index in [4.69, 9.17) is 0 Å². The number of hydrogen-bond donors (Lipinski definition) is 1. The molecule has 0 atom stereocenters. The maximum absolute atomic E-state index is 13.2. The van der Waals surface area contributed by atoms with Gasteiger partial charge in [0, 0.05) is 36.5 Å². The predicted octanol–water partition coefficient (Wildman–Crippen LogP) is 6.08. The summed E-state index contributed by atoms with van der Waals surface area (Å²) in [5.74, 6) is -0.151. The first kappa shape index (κ1) is 25.7. The van der Waals surface area contributed by atoms with Crippen LogP contribution in [0.15, 0.2) is 54.6 Å². The highest BCUT2D eigenvalue weighted by Crippen LogP contribution is 2.32. The van der Waals surface area contributed by atoms with Crippen molar-refractivity contribution in [2.45, 2.75) is 52.3 Å². The molecule has 8 heteroatoms. The van der Waals surface area contributed by atoms with Gasteiger partial charge in [-0.3, -0.25) is 9.59 Å². The van der Waals surface area contributed by atoms with Crippen LogP contribution >= 0.6 is 0 Å². The molecule has 0 radical (unpaired) electrons. The number of carbonyl (C=O) groups is 2. The van der Waals surface area contributed by atoms with Gasteiger partial charge in [-0.05, 0) is 42.5 Å². The average Bonchev–Trinajstić information content (AvgIpc) is 2.82. The van der Waals surface area contributed by atoms with Gasteiger partial charge in [0.2, 0.25) is 5.91 Å². The van der Waals surface area contributed by atoms with Crippen molar-refractivity contribution < 1.29 is 22.8 Å². The van der Waals surface area contributed by atoms with E-state index < -0.39 is 11.7 Å². The molecule has 1 aromatic heterocycles. The average molecular weight is 498 g/mol. The van der Waals surface area contributed by atoms with E-state index in [1.165, 1.54) is 6.07 Å². The Bertz CT molecular complexity index is 1270. The molecule has 3 aromatic rings. The van der Waals surface area contributed by atoms with Gasteiger partial charge in [0.05, 0.1) is 22.3 Å². The number of benzene rings is 2. The van der Waals surface area contributed by atoms with Crippen molar-refractivity contribution in [1.29, 1.82) is 0 Å². The number of carbonyl (C=O) groups excluding carboxylic acids is 2. The van der Waals surface area contributed by atoms with Crippen molar-refractivity contribution in [2.24, 2.45) is 5.41 Å². The minimum atomic E-state index is -4.45. The fourth-order valence-corrected chi connectivity index (χ4v) is 4.45. The fourth-order valence-electron chi connectivity index (χ4n) is 4.45. The number of nitrogens with zero attached hydrogens (tertiary/aromatic N) is 2. The normalized spacial score (nSPS) is 15.2. The summed E-state index contributed by atoms with van der Waals surface area (Å²) in [7, 11) is 0. The maximum atomic E-state index is 13.2. The number of para-hydroxylation sites is 1. The zero-order valence-corrected chi connectivity index (χ0v) is 20.7. The van der Waals surface area contributed by atoms with E-state index in [1.807, 2.05) is 31.7 Å². The lowest BCUT2D eigenvalue weighted by Crippen LogP contribution is -2.47. The van der Waals surface area contributed by atoms with Crippen molar-refractivity contribution >= 4 is 22.7 Å². The third-order valence-electron chi connectivity index (χ3n) is 6.31. The van der Waals surface area contributed by atoms with Crippen molar-refractivity contribution in [3.05, 3.63) is 65.7 Å². The first-order chi connectivity index (χ1) is 16.9. The van der Waals surface area contributed by atoms with Gasteiger partial charge >= 0.3 is 6.18 Å². The maximum Gasteiger partial charge on any atom is 0.416 e. The summed E-state index contributed by atoms with van der Waals surface area (Å²) < 4.78 is 39.5. The third-order valence-corrected chi connectivity index (χ3v) is 6.31. The van der Waals surface area contributed by atoms with Crippen LogP contribution in [0.2, 0.25) is 0 Å². The quantitative estimate of drug-likeness (QED) is 0.475. The number of amides is 2. The van der Waals surface area contributed by atoms with Crippen LogP contribution in [0.1, 0.15) is 56.0 Å². The largest absolute Gasteiger partial charge is 0.416 e. The number of aromatic nitrogens is 1. The minimum Gasteiger partial charge on any atom is -0.349 e. The van der Waals surface area contributed by atoms with Gasteiger partial charge in [-0.2, -0.15) is 13.2 Å². The van der Waals surface area contributed by atoms with E-state index >= 15 is 0 Å². The molecule has 2 aromatic carbocycles. The summed E-state index contributed by atoms with van der Waals surface area (Å²) in [6.45, 7) is 7.29. The van der Waals surface area contributed by atoms with Crippen LogP contribution in [0.4, 0.5) is 13.2 Å². The first-order valence-corrected chi connectivity index (χ1v) is 12.1. The number of alkyl halides is 3. The number of pyridine rings is 1. The Kier molecular flexibility index (Phi) is 7.07. The second kappa shape index (κ2) is 9.91. The van der Waals surface area contributed by atoms with Crippen LogP contribution in [0, 0.1) is 5.41 Å². The lowest BCUT2D eigenvalue weighted by atomic mass is 9.91. The zero-order chi connectivity index (χ0) is 26.1. The van der Waals surface area contributed by atoms with Gasteiger partial charge in [0.1, 0.15) is 0 Å². The predicted molar refractivity (Wildman–Crippen MR) is 133 cm³/mol. The van der Waals surface area contributed by atoms with Crippen molar-refractivity contribution in [3.63, 3.8) is 0 Å². The fraction of sp³-hybridized carbons (Fsp3) is 0.393. The second-order valence-electron chi connectivity index (χ2n) is 10.5. The number of rotatable bonds is 4. The highest BCUT2D eigenvalue weighted by Gasteiger charge is 2.31. The molecule has 5 nitrogen and oxygen atoms in total. The summed E-state index contributed by atoms with van der Waals surface area (Å²) in [4.78, 5) is 32.1. The zero-order valence-electron chi connectivity index (χ0n) is 20.7. The Labute approximate surface area is 208 Å². The number of halogens is 3. The van der Waals surface area contributed by atoms with E-state index in [-0.39, 0.29) is 23.3 Å². The lowest BCUT2D eigenvalue weighted by Gasteiger charge is -2.34. The minimum absolute atomic E-state index is 0.0712. The van der Waals surface area contributed by atoms with Crippen molar-refractivity contribution in [2.75, 3.05) is 13.1 Å². The van der Waals surface area contributed by atoms with Crippen LogP contribution in [-0.4, -0.2) is 40.8 Å². The molecular weight excluding hydrogens is 467 g/mol. The van der Waals surface area contributed by atoms with Gasteiger partial charge in [-0.25, -0.2) is 4.98 Å². The molecule has 1 fully saturated rings. The Morgan fingerprint density at radius 1 is 1.00 bits per heavy atom. The summed E-state index contributed by atoms with van der Waals surface area (Å²) >= 11 is 0. The standard InChI is InChI=1S/C28H30F3N3O2/c1-27(2,3)17-24(35)34-14-12-21(13-15-34)32-26(36)22-9-5-6-18-10-11-23(33-25(18)22)19-7-4-8-20(16-19)28(29,30)31/h4-11,16,21H,12-15,17H2,1-3H3,(H,32,36). The molecule has 0 bridgehead atoms. The molecule has 0 aliphatic carbocycles. The molecule has 2 heterocycles. The van der Waals surface area contributed by atoms with Crippen LogP contribution in [0.25, 0.3) is 22.2 Å². The molecule has 1 aliphatic rings. The van der Waals surface area contributed by atoms with Crippen LogP contribution in [0.5, 0.6) is 0 Å². The van der Waals surface area contributed by atoms with Gasteiger partial charge in [-0.15, -0.1) is 0 Å². The molecule has 190 valence electrons. The van der Waals surface area contributed by atoms with Crippen LogP contribution < -0.4 is 5.32 Å². The Morgan fingerprint density at radius 2 is 1.69 bits per heavy atom. The lowest BCUT2D eigenvalue weighted by molar-refractivity contribution is -0.137. The molecule has 1 N–H and O–H groups in total. The number of likely N-dealkylation sites (tertiary alicyclic amines) is 1. The van der Waals surface area contributed by atoms with Crippen molar-refractivity contribution in [3.8, 4) is 11.3 Å². The molecule has 0 saturated carbocycles. The topological polar surface area (TPSA) is 62.3 Å². The van der Waals surface area contributed by atoms with Gasteiger partial charge in [-0.1, -0.05) is 51.1 Å². The monoisotopic (exact) mass is 497 g/mol. The van der Waals surface area contributed by atoms with E-state index in [2.05, 4.69) is 10.3 Å². The summed E-state index contributed by atoms with van der Waals surface area (Å²) in [6.07, 6.45) is -2.64. The van der Waals surface area contributed by atoms with E-state index in [1.54, 1.807) is 30.3 Å². The Morgan fingerprint density at radius 3 is 2.36 bits per heavy atom. The highest BCUT2D eigenvalue weighted by molar-refractivity contribution is 6.06. The SMILES string of the molecule is CC(C)(C)CC(=O)N1CCC(NC(=O)c2cccc3ccc(-c4cccc(C(F)(F)F)c4)nc23)CC1. The smallest absolute Gasteiger partial charge is 0.349 e. The van der Waals surface area contributed by atoms with Crippen LogP contribution in [-0.2, 0) is 11.0 Å². The van der Waals surface area contributed by atoms with E-state index in [0.29, 0.717) is 54.7 Å². The Balaban J connectivity index is 1.50. The number of nitrogens with one attached hydrogen (secondary N) is 1. The number of piperidine rings is 1. The van der Waals surface area contributed by atoms with E-state index in [9.17, 15) is 22.8 Å². The Hall–Kier alpha value is -3.42. The molecule has 4 rings (SSSR count). The molecule has 1 saturated heterocycles. The van der Waals surface area contributed by atoms with Gasteiger partial charge < -0.3 is 10.2 Å². The summed E-state index contributed by atoms with van der Waals surface area (Å²) in [6, 6.07) is 13.6. The third kappa shape index (κ3) is 6.04. The van der Waals surface area contributed by atoms with Crippen molar-refractivity contribution in [1.82, 2.24) is 15.2 Å². The second-order valence-corrected chi connectivity index (χ2v) is 10.5. The van der Waals surface area contributed by atoms with Crippen LogP contribution in [0.3, 0.4) is 0 Å². The summed E-state index contributed by atoms with van der Waals surface area (Å²) in [5.41, 5.74) is 0.667. The summed E-state index contributed by atoms with van der Waals surface area (Å²) in [5, 5.41) is 3.78. The number of fused-ring (bicyclic) bond motifs is 1. The van der Waals surface area contributed by atoms with Gasteiger partial charge in [0.25, 0.3) is 5.91 Å². The molecule has 36 heavy (non-hydrogen) atoms. The van der Waals surface area contributed by atoms with Gasteiger partial charge in [0.15, 0.2) is 0 Å². The first-order valence-electron chi connectivity index (χ1n) is 12.1. The molecule has 1 aliphatic heterocycles. The molecule has 0 unspecified atom stereocenters.